The maximum Gasteiger partial charge on any atom is 0.220 e. The average Bonchev–Trinajstić information content (AvgIpc) is 2.72. The molecule has 90 valence electrons. The van der Waals surface area contributed by atoms with E-state index in [9.17, 15) is 4.79 Å². The SMILES string of the molecule is CCCNC(=O)CCc1nc(C(C)C)cs1. The summed E-state index contributed by atoms with van der Waals surface area (Å²) in [5.41, 5.74) is 1.13. The normalized spacial score (nSPS) is 10.8. The summed E-state index contributed by atoms with van der Waals surface area (Å²) in [5.74, 6) is 0.599. The number of hydrogen-bond acceptors (Lipinski definition) is 3. The summed E-state index contributed by atoms with van der Waals surface area (Å²) in [6, 6.07) is 0. The van der Waals surface area contributed by atoms with Crippen LogP contribution in [0.15, 0.2) is 5.38 Å². The number of nitrogens with one attached hydrogen (secondary N) is 1. The zero-order valence-electron chi connectivity index (χ0n) is 10.2. The molecule has 0 saturated heterocycles. The number of amides is 1. The third kappa shape index (κ3) is 4.31. The standard InChI is InChI=1S/C12H20N2OS/c1-4-7-13-11(15)5-6-12-14-10(8-16-12)9(2)3/h8-9H,4-7H2,1-3H3,(H,13,15). The molecule has 1 aromatic heterocycles. The lowest BCUT2D eigenvalue weighted by molar-refractivity contribution is -0.121. The van der Waals surface area contributed by atoms with Crippen LogP contribution in [-0.4, -0.2) is 17.4 Å². The smallest absolute Gasteiger partial charge is 0.220 e. The number of rotatable bonds is 6. The minimum absolute atomic E-state index is 0.128. The van der Waals surface area contributed by atoms with Gasteiger partial charge in [0.15, 0.2) is 0 Å². The first kappa shape index (κ1) is 13.2. The molecule has 0 aliphatic carbocycles. The molecule has 0 unspecified atom stereocenters. The van der Waals surface area contributed by atoms with Crippen LogP contribution < -0.4 is 5.32 Å². The van der Waals surface area contributed by atoms with Crippen molar-refractivity contribution in [3.8, 4) is 0 Å². The predicted molar refractivity (Wildman–Crippen MR) is 67.8 cm³/mol. The van der Waals surface area contributed by atoms with E-state index in [1.54, 1.807) is 11.3 Å². The zero-order chi connectivity index (χ0) is 12.0. The fourth-order valence-electron chi connectivity index (χ4n) is 1.28. The Morgan fingerprint density at radius 2 is 2.31 bits per heavy atom. The van der Waals surface area contributed by atoms with Gasteiger partial charge in [-0.1, -0.05) is 20.8 Å². The molecular formula is C12H20N2OS. The lowest BCUT2D eigenvalue weighted by Gasteiger charge is -2.01. The molecule has 0 radical (unpaired) electrons. The average molecular weight is 240 g/mol. The summed E-state index contributed by atoms with van der Waals surface area (Å²) >= 11 is 1.65. The van der Waals surface area contributed by atoms with Crippen molar-refractivity contribution < 1.29 is 4.79 Å². The second kappa shape index (κ2) is 6.63. The van der Waals surface area contributed by atoms with Crippen molar-refractivity contribution >= 4 is 17.2 Å². The van der Waals surface area contributed by atoms with Crippen LogP contribution in [-0.2, 0) is 11.2 Å². The Labute approximate surface area is 101 Å². The Bertz CT molecular complexity index is 334. The van der Waals surface area contributed by atoms with Gasteiger partial charge in [0.05, 0.1) is 10.7 Å². The molecule has 1 amide bonds. The highest BCUT2D eigenvalue weighted by molar-refractivity contribution is 7.09. The number of carbonyl (C=O) groups is 1. The predicted octanol–water partition coefficient (Wildman–Crippen LogP) is 2.73. The molecule has 0 atom stereocenters. The highest BCUT2D eigenvalue weighted by Crippen LogP contribution is 2.18. The van der Waals surface area contributed by atoms with E-state index in [-0.39, 0.29) is 5.91 Å². The molecule has 1 aromatic rings. The summed E-state index contributed by atoms with van der Waals surface area (Å²) in [6.07, 6.45) is 2.29. The van der Waals surface area contributed by atoms with Gasteiger partial charge in [-0.15, -0.1) is 11.3 Å². The maximum absolute atomic E-state index is 11.4. The molecule has 0 bridgehead atoms. The van der Waals surface area contributed by atoms with Gasteiger partial charge in [-0.2, -0.15) is 0 Å². The Kier molecular flexibility index (Phi) is 5.46. The topological polar surface area (TPSA) is 42.0 Å². The molecule has 1 heterocycles. The van der Waals surface area contributed by atoms with Crippen molar-refractivity contribution in [1.29, 1.82) is 0 Å². The van der Waals surface area contributed by atoms with Gasteiger partial charge in [0.1, 0.15) is 0 Å². The molecule has 0 aliphatic rings. The monoisotopic (exact) mass is 240 g/mol. The van der Waals surface area contributed by atoms with Gasteiger partial charge in [-0.05, 0) is 12.3 Å². The third-order valence-electron chi connectivity index (χ3n) is 2.30. The van der Waals surface area contributed by atoms with E-state index in [4.69, 9.17) is 0 Å². The third-order valence-corrected chi connectivity index (χ3v) is 3.23. The van der Waals surface area contributed by atoms with E-state index in [2.05, 4.69) is 36.5 Å². The van der Waals surface area contributed by atoms with Crippen LogP contribution in [0.3, 0.4) is 0 Å². The van der Waals surface area contributed by atoms with Gasteiger partial charge in [-0.25, -0.2) is 4.98 Å². The number of hydrogen-bond donors (Lipinski definition) is 1. The van der Waals surface area contributed by atoms with E-state index < -0.39 is 0 Å². The Balaban J connectivity index is 2.33. The van der Waals surface area contributed by atoms with Gasteiger partial charge in [0.2, 0.25) is 5.91 Å². The largest absolute Gasteiger partial charge is 0.356 e. The highest BCUT2D eigenvalue weighted by atomic mass is 32.1. The summed E-state index contributed by atoms with van der Waals surface area (Å²) in [7, 11) is 0. The molecular weight excluding hydrogens is 220 g/mol. The maximum atomic E-state index is 11.4. The number of aromatic nitrogens is 1. The number of carbonyl (C=O) groups excluding carboxylic acids is 1. The first-order valence-corrected chi connectivity index (χ1v) is 6.72. The van der Waals surface area contributed by atoms with Crippen molar-refractivity contribution in [3.05, 3.63) is 16.1 Å². The molecule has 0 spiro atoms. The lowest BCUT2D eigenvalue weighted by Crippen LogP contribution is -2.24. The van der Waals surface area contributed by atoms with Crippen LogP contribution in [0.2, 0.25) is 0 Å². The quantitative estimate of drug-likeness (QED) is 0.830. The number of thiazole rings is 1. The molecule has 0 aromatic carbocycles. The first-order chi connectivity index (χ1) is 7.63. The summed E-state index contributed by atoms with van der Waals surface area (Å²) in [4.78, 5) is 15.9. The molecule has 0 fully saturated rings. The van der Waals surface area contributed by atoms with Crippen molar-refractivity contribution in [2.45, 2.75) is 46.0 Å². The minimum Gasteiger partial charge on any atom is -0.356 e. The van der Waals surface area contributed by atoms with Crippen LogP contribution in [0.1, 0.15) is 50.2 Å². The molecule has 0 aliphatic heterocycles. The molecule has 4 heteroatoms. The van der Waals surface area contributed by atoms with Crippen LogP contribution in [0.25, 0.3) is 0 Å². The fraction of sp³-hybridized carbons (Fsp3) is 0.667. The van der Waals surface area contributed by atoms with E-state index in [1.165, 1.54) is 0 Å². The molecule has 16 heavy (non-hydrogen) atoms. The van der Waals surface area contributed by atoms with Gasteiger partial charge in [0, 0.05) is 24.8 Å². The van der Waals surface area contributed by atoms with Crippen LogP contribution in [0, 0.1) is 0 Å². The van der Waals surface area contributed by atoms with E-state index >= 15 is 0 Å². The van der Waals surface area contributed by atoms with Gasteiger partial charge in [-0.3, -0.25) is 4.79 Å². The molecule has 0 saturated carbocycles. The van der Waals surface area contributed by atoms with Crippen molar-refractivity contribution in [2.24, 2.45) is 0 Å². The number of nitrogens with zero attached hydrogens (tertiary/aromatic N) is 1. The zero-order valence-corrected chi connectivity index (χ0v) is 11.1. The first-order valence-electron chi connectivity index (χ1n) is 5.84. The van der Waals surface area contributed by atoms with Crippen molar-refractivity contribution in [2.75, 3.05) is 6.54 Å². The van der Waals surface area contributed by atoms with E-state index in [1.807, 2.05) is 0 Å². The second-order valence-electron chi connectivity index (χ2n) is 4.17. The van der Waals surface area contributed by atoms with Gasteiger partial charge < -0.3 is 5.32 Å². The summed E-state index contributed by atoms with van der Waals surface area (Å²) in [6.45, 7) is 7.09. The molecule has 1 rings (SSSR count). The molecule has 3 nitrogen and oxygen atoms in total. The second-order valence-corrected chi connectivity index (χ2v) is 5.11. The van der Waals surface area contributed by atoms with Crippen molar-refractivity contribution in [3.63, 3.8) is 0 Å². The summed E-state index contributed by atoms with van der Waals surface area (Å²) in [5, 5.41) is 6.02. The van der Waals surface area contributed by atoms with Gasteiger partial charge >= 0.3 is 0 Å². The van der Waals surface area contributed by atoms with Gasteiger partial charge in [0.25, 0.3) is 0 Å². The van der Waals surface area contributed by atoms with Crippen molar-refractivity contribution in [1.82, 2.24) is 10.3 Å². The Morgan fingerprint density at radius 3 is 2.88 bits per heavy atom. The molecule has 1 N–H and O–H groups in total. The van der Waals surface area contributed by atoms with Crippen LogP contribution in [0.4, 0.5) is 0 Å². The van der Waals surface area contributed by atoms with E-state index in [0.717, 1.165) is 30.1 Å². The van der Waals surface area contributed by atoms with Crippen LogP contribution in [0.5, 0.6) is 0 Å². The lowest BCUT2D eigenvalue weighted by atomic mass is 10.2. The van der Waals surface area contributed by atoms with E-state index in [0.29, 0.717) is 12.3 Å². The highest BCUT2D eigenvalue weighted by Gasteiger charge is 2.07. The van der Waals surface area contributed by atoms with Crippen LogP contribution >= 0.6 is 11.3 Å². The Hall–Kier alpha value is -0.900. The fourth-order valence-corrected chi connectivity index (χ4v) is 2.24. The minimum atomic E-state index is 0.128. The summed E-state index contributed by atoms with van der Waals surface area (Å²) < 4.78 is 0. The Morgan fingerprint density at radius 1 is 1.56 bits per heavy atom. The number of aryl methyl sites for hydroxylation is 1.